The molecule has 0 saturated carbocycles. The van der Waals surface area contributed by atoms with Crippen LogP contribution in [0.5, 0.6) is 11.5 Å². The molecule has 1 aromatic heterocycles. The van der Waals surface area contributed by atoms with E-state index in [1.54, 1.807) is 70.5 Å². The number of urea groups is 1. The Hall–Kier alpha value is -7.28. The van der Waals surface area contributed by atoms with Crippen LogP contribution in [0.1, 0.15) is 67.1 Å². The zero-order valence-corrected chi connectivity index (χ0v) is 46.5. The standard InChI is InChI=1S/C57H61Cl2N7O14S/c1-63(56(75)77-30-31-14-16-34(17-15-31)62-46(68)13-7-8-20-61-55(60)74)21-22-64(2)57(76)80-42-24-40-48(38-12-6-4-10-36(38)42)33(26-59)28-66(40)53(73)45-19-18-44(81-45)52(72)65-27-32(25-58)47-37-11-5-3-9-35(37)41(23-39(47)65)78-54-51(71)50(70)49(69)43(29-67)79-54/h3-6,9-12,14-19,23-24,32-33,43,49-51,54,67,69-71H,7-8,13,20-22,25-30H2,1-2H3,(H,62,68)(H3,60,61,74). The van der Waals surface area contributed by atoms with Crippen molar-refractivity contribution in [3.05, 3.63) is 124 Å². The third-order valence-electron chi connectivity index (χ3n) is 14.6. The number of likely N-dealkylation sites (N-methyl/N-ethyl adjacent to an activating group) is 2. The molecule has 24 heteroatoms. The minimum atomic E-state index is -1.68. The van der Waals surface area contributed by atoms with E-state index in [1.807, 2.05) is 36.4 Å². The number of anilines is 3. The quantitative estimate of drug-likeness (QED) is 0.0329. The maximum absolute atomic E-state index is 14.7. The zero-order valence-electron chi connectivity index (χ0n) is 44.2. The van der Waals surface area contributed by atoms with E-state index in [4.69, 9.17) is 47.9 Å². The van der Waals surface area contributed by atoms with E-state index in [9.17, 15) is 49.2 Å². The summed E-state index contributed by atoms with van der Waals surface area (Å²) in [6, 6.07) is 27.3. The second kappa shape index (κ2) is 25.7. The van der Waals surface area contributed by atoms with Crippen LogP contribution >= 0.6 is 34.5 Å². The van der Waals surface area contributed by atoms with Crippen LogP contribution in [0.15, 0.2) is 97.1 Å². The van der Waals surface area contributed by atoms with Crippen molar-refractivity contribution < 1.29 is 68.1 Å². The average molecular weight is 1170 g/mol. The topological polar surface area (TPSA) is 283 Å². The van der Waals surface area contributed by atoms with E-state index < -0.39 is 67.3 Å². The van der Waals surface area contributed by atoms with Crippen molar-refractivity contribution >= 4 is 109 Å². The van der Waals surface area contributed by atoms with Gasteiger partial charge in [0.15, 0.2) is 0 Å². The summed E-state index contributed by atoms with van der Waals surface area (Å²) in [5.74, 6) is -0.868. The highest BCUT2D eigenvalue weighted by Crippen LogP contribution is 2.49. The van der Waals surface area contributed by atoms with Crippen molar-refractivity contribution in [2.45, 2.75) is 68.4 Å². The molecule has 428 valence electrons. The van der Waals surface area contributed by atoms with Crippen molar-refractivity contribution in [2.75, 3.05) is 80.3 Å². The number of nitrogens with one attached hydrogen (secondary N) is 2. The number of nitrogens with two attached hydrogens (primary N) is 1. The van der Waals surface area contributed by atoms with Crippen LogP contribution in [0.25, 0.3) is 21.5 Å². The number of carbonyl (C=O) groups is 6. The molecule has 1 saturated heterocycles. The first kappa shape index (κ1) is 58.4. The highest BCUT2D eigenvalue weighted by Gasteiger charge is 2.46. The van der Waals surface area contributed by atoms with Gasteiger partial charge in [-0.05, 0) is 64.6 Å². The summed E-state index contributed by atoms with van der Waals surface area (Å²) in [7, 11) is 3.07. The molecule has 1 fully saturated rings. The molecule has 9 rings (SSSR count). The molecule has 4 heterocycles. The molecular weight excluding hydrogens is 1110 g/mol. The molecule has 7 atom stereocenters. The summed E-state index contributed by atoms with van der Waals surface area (Å²) >= 11 is 14.2. The van der Waals surface area contributed by atoms with Crippen molar-refractivity contribution in [3.8, 4) is 11.5 Å². The number of benzene rings is 5. The fourth-order valence-corrected chi connectivity index (χ4v) is 11.6. The zero-order chi connectivity index (χ0) is 57.6. The molecule has 3 aliphatic rings. The summed E-state index contributed by atoms with van der Waals surface area (Å²) in [6.45, 7) is 0.269. The Morgan fingerprint density at radius 2 is 1.26 bits per heavy atom. The maximum atomic E-state index is 14.7. The molecule has 0 spiro atoms. The lowest BCUT2D eigenvalue weighted by molar-refractivity contribution is -0.277. The molecule has 6 aromatic rings. The number of rotatable bonds is 19. The summed E-state index contributed by atoms with van der Waals surface area (Å²) in [4.78, 5) is 85.5. The third kappa shape index (κ3) is 12.6. The first-order valence-corrected chi connectivity index (χ1v) is 28.0. The molecule has 3 aliphatic heterocycles. The minimum Gasteiger partial charge on any atom is -0.461 e. The number of thiophene rings is 1. The monoisotopic (exact) mass is 1170 g/mol. The highest BCUT2D eigenvalue weighted by atomic mass is 35.5. The fraction of sp³-hybridized carbons (Fsp3) is 0.368. The number of unbranched alkanes of at least 4 members (excludes halogenated alkanes) is 1. The molecule has 21 nitrogen and oxygen atoms in total. The number of fused-ring (bicyclic) bond motifs is 6. The van der Waals surface area contributed by atoms with Gasteiger partial charge in [-0.15, -0.1) is 34.5 Å². The number of primary amides is 1. The number of aliphatic hydroxyl groups is 4. The normalized spacial score (nSPS) is 20.1. The summed E-state index contributed by atoms with van der Waals surface area (Å²) < 4.78 is 23.4. The van der Waals surface area contributed by atoms with Crippen molar-refractivity contribution in [3.63, 3.8) is 0 Å². The van der Waals surface area contributed by atoms with Crippen molar-refractivity contribution in [1.82, 2.24) is 15.1 Å². The molecule has 5 aromatic carbocycles. The highest BCUT2D eigenvalue weighted by molar-refractivity contribution is 7.16. The number of alkyl halides is 2. The molecule has 0 aliphatic carbocycles. The Morgan fingerprint density at radius 3 is 1.81 bits per heavy atom. The van der Waals surface area contributed by atoms with Gasteiger partial charge < -0.3 is 75.3 Å². The Bertz CT molecular complexity index is 3330. The minimum absolute atomic E-state index is 0.0390. The van der Waals surface area contributed by atoms with Gasteiger partial charge in [-0.3, -0.25) is 14.4 Å². The summed E-state index contributed by atoms with van der Waals surface area (Å²) in [6.07, 6.45) is -7.56. The first-order chi connectivity index (χ1) is 39.0. The van der Waals surface area contributed by atoms with Gasteiger partial charge in [-0.1, -0.05) is 60.7 Å². The van der Waals surface area contributed by atoms with Gasteiger partial charge in [0, 0.05) is 105 Å². The van der Waals surface area contributed by atoms with Crippen molar-refractivity contribution in [2.24, 2.45) is 5.73 Å². The Morgan fingerprint density at radius 1 is 0.716 bits per heavy atom. The number of carbonyl (C=O) groups excluding carboxylic acids is 6. The molecule has 0 radical (unpaired) electrons. The number of hydrogen-bond acceptors (Lipinski definition) is 15. The van der Waals surface area contributed by atoms with Gasteiger partial charge in [0.05, 0.1) is 27.7 Å². The second-order valence-electron chi connectivity index (χ2n) is 20.0. The molecule has 7 unspecified atom stereocenters. The van der Waals surface area contributed by atoms with Gasteiger partial charge >= 0.3 is 18.2 Å². The van der Waals surface area contributed by atoms with Crippen molar-refractivity contribution in [1.29, 1.82) is 0 Å². The van der Waals surface area contributed by atoms with E-state index in [1.165, 1.54) is 23.9 Å². The van der Waals surface area contributed by atoms with Crippen LogP contribution < -0.4 is 35.6 Å². The molecule has 0 bridgehead atoms. The lowest BCUT2D eigenvalue weighted by atomic mass is 9.95. The van der Waals surface area contributed by atoms with E-state index in [0.717, 1.165) is 33.2 Å². The van der Waals surface area contributed by atoms with Crippen LogP contribution in [0.2, 0.25) is 0 Å². The molecular formula is C57H61Cl2N7O14S. The van der Waals surface area contributed by atoms with Crippen LogP contribution in [0.4, 0.5) is 31.4 Å². The summed E-state index contributed by atoms with van der Waals surface area (Å²) in [5, 5.41) is 49.5. The smallest absolute Gasteiger partial charge is 0.415 e. The second-order valence-corrected chi connectivity index (χ2v) is 21.7. The van der Waals surface area contributed by atoms with Gasteiger partial charge in [0.1, 0.15) is 42.5 Å². The molecule has 7 amide bonds. The molecule has 8 N–H and O–H groups in total. The van der Waals surface area contributed by atoms with Crippen LogP contribution in [0.3, 0.4) is 0 Å². The van der Waals surface area contributed by atoms with E-state index in [-0.39, 0.29) is 90.0 Å². The lowest BCUT2D eigenvalue weighted by Gasteiger charge is -2.39. The van der Waals surface area contributed by atoms with E-state index >= 15 is 0 Å². The number of aliphatic hydroxyl groups excluding tert-OH is 4. The number of amides is 7. The Balaban J connectivity index is 0.855. The van der Waals surface area contributed by atoms with E-state index in [0.29, 0.717) is 52.8 Å². The SMILES string of the molecule is CN(CCN(C)C(=O)Oc1cc2c(c3ccccc13)C(CCl)CN2C(=O)c1ccc(C(=O)N2CC(CCl)c3c2cc(OC2OC(CO)C(O)C(O)C2O)c2ccccc32)s1)C(=O)OCc1ccc(NC(=O)CCCCNC(N)=O)cc1. The number of ether oxygens (including phenoxy) is 4. The third-order valence-corrected chi connectivity index (χ3v) is 16.4. The summed E-state index contributed by atoms with van der Waals surface area (Å²) in [5.41, 5.74) is 8.85. The first-order valence-electron chi connectivity index (χ1n) is 26.2. The largest absolute Gasteiger partial charge is 0.461 e. The molecule has 81 heavy (non-hydrogen) atoms. The lowest BCUT2D eigenvalue weighted by Crippen LogP contribution is -2.60. The maximum Gasteiger partial charge on any atom is 0.415 e. The van der Waals surface area contributed by atoms with Gasteiger partial charge in [0.25, 0.3) is 11.8 Å². The van der Waals surface area contributed by atoms with Crippen LogP contribution in [-0.4, -0.2) is 162 Å². The van der Waals surface area contributed by atoms with Gasteiger partial charge in [-0.25, -0.2) is 14.4 Å². The Kier molecular flexibility index (Phi) is 18.5. The number of halogens is 2. The van der Waals surface area contributed by atoms with Gasteiger partial charge in [0.2, 0.25) is 12.2 Å². The fourth-order valence-electron chi connectivity index (χ4n) is 10.2. The van der Waals surface area contributed by atoms with E-state index in [2.05, 4.69) is 10.6 Å². The van der Waals surface area contributed by atoms with Crippen LogP contribution in [-0.2, 0) is 20.9 Å². The van der Waals surface area contributed by atoms with Crippen LogP contribution in [0, 0.1) is 0 Å². The average Bonchev–Trinajstić information content (AvgIpc) is 4.45. The predicted molar refractivity (Wildman–Crippen MR) is 305 cm³/mol. The number of nitrogens with zero attached hydrogens (tertiary/aromatic N) is 4. The number of hydrogen-bond donors (Lipinski definition) is 7. The van der Waals surface area contributed by atoms with Gasteiger partial charge in [-0.2, -0.15) is 0 Å². The Labute approximate surface area is 479 Å². The predicted octanol–water partition coefficient (Wildman–Crippen LogP) is 6.68.